The van der Waals surface area contributed by atoms with Crippen LogP contribution < -0.4 is 9.64 Å². The number of nitrogens with zero attached hydrogens (tertiary/aromatic N) is 4. The van der Waals surface area contributed by atoms with Crippen LogP contribution in [0.25, 0.3) is 0 Å². The number of aromatic nitrogens is 2. The third-order valence-corrected chi connectivity index (χ3v) is 3.54. The van der Waals surface area contributed by atoms with Crippen LogP contribution in [0.15, 0.2) is 35.2 Å². The van der Waals surface area contributed by atoms with Crippen molar-refractivity contribution in [2.75, 3.05) is 37.7 Å². The Bertz CT molecular complexity index is 621. The Hall–Kier alpha value is -2.57. The maximum atomic E-state index is 12.2. The van der Waals surface area contributed by atoms with Gasteiger partial charge in [-0.2, -0.15) is 0 Å². The number of ether oxygens (including phenoxy) is 1. The first-order valence-electron chi connectivity index (χ1n) is 7.30. The molecule has 0 bridgehead atoms. The highest BCUT2D eigenvalue weighted by Gasteiger charge is 2.24. The lowest BCUT2D eigenvalue weighted by Gasteiger charge is -2.34. The van der Waals surface area contributed by atoms with Gasteiger partial charge in [-0.05, 0) is 19.1 Å². The molecule has 3 heterocycles. The zero-order valence-corrected chi connectivity index (χ0v) is 12.4. The van der Waals surface area contributed by atoms with E-state index in [0.29, 0.717) is 31.3 Å². The molecule has 1 aliphatic heterocycles. The van der Waals surface area contributed by atoms with Gasteiger partial charge in [-0.1, -0.05) is 0 Å². The van der Waals surface area contributed by atoms with Gasteiger partial charge < -0.3 is 19.0 Å². The van der Waals surface area contributed by atoms with Crippen molar-refractivity contribution in [3.63, 3.8) is 0 Å². The number of hydrogen-bond acceptors (Lipinski definition) is 6. The smallest absolute Gasteiger partial charge is 0.289 e. The summed E-state index contributed by atoms with van der Waals surface area (Å²) in [5.41, 5.74) is 0. The molecule has 0 atom stereocenters. The van der Waals surface area contributed by atoms with Crippen molar-refractivity contribution in [3.05, 3.63) is 36.5 Å². The highest BCUT2D eigenvalue weighted by Crippen LogP contribution is 2.18. The van der Waals surface area contributed by atoms with Crippen molar-refractivity contribution in [2.24, 2.45) is 0 Å². The number of amides is 1. The fourth-order valence-electron chi connectivity index (χ4n) is 2.42. The highest BCUT2D eigenvalue weighted by molar-refractivity contribution is 5.91. The van der Waals surface area contributed by atoms with Crippen molar-refractivity contribution in [1.29, 1.82) is 0 Å². The predicted octanol–water partition coefficient (Wildman–Crippen LogP) is 1.43. The van der Waals surface area contributed by atoms with Gasteiger partial charge in [0.25, 0.3) is 5.91 Å². The number of furan rings is 1. The molecule has 2 aromatic rings. The fourth-order valence-corrected chi connectivity index (χ4v) is 2.42. The van der Waals surface area contributed by atoms with Crippen molar-refractivity contribution >= 4 is 11.7 Å². The third kappa shape index (κ3) is 3.03. The van der Waals surface area contributed by atoms with Crippen molar-refractivity contribution in [1.82, 2.24) is 14.9 Å². The number of carbonyl (C=O) groups excluding carboxylic acids is 1. The molecule has 7 heteroatoms. The molecular weight excluding hydrogens is 284 g/mol. The molecule has 7 nitrogen and oxygen atoms in total. The lowest BCUT2D eigenvalue weighted by Crippen LogP contribution is -2.49. The van der Waals surface area contributed by atoms with Gasteiger partial charge >= 0.3 is 0 Å². The van der Waals surface area contributed by atoms with E-state index in [-0.39, 0.29) is 5.91 Å². The summed E-state index contributed by atoms with van der Waals surface area (Å²) in [6, 6.07) is 5.24. The van der Waals surface area contributed by atoms with Crippen molar-refractivity contribution in [2.45, 2.75) is 6.92 Å². The van der Waals surface area contributed by atoms with Gasteiger partial charge in [0.15, 0.2) is 5.76 Å². The van der Waals surface area contributed by atoms with Crippen molar-refractivity contribution in [3.8, 4) is 5.88 Å². The van der Waals surface area contributed by atoms with Gasteiger partial charge in [-0.3, -0.25) is 4.79 Å². The SMILES string of the molecule is CCOc1cc(N2CCN(C(=O)c3ccco3)CC2)ncn1. The summed E-state index contributed by atoms with van der Waals surface area (Å²) >= 11 is 0. The van der Waals surface area contributed by atoms with E-state index in [1.807, 2.05) is 13.0 Å². The molecule has 0 spiro atoms. The van der Waals surface area contributed by atoms with Crippen LogP contribution in [0, 0.1) is 0 Å². The lowest BCUT2D eigenvalue weighted by atomic mass is 10.3. The van der Waals surface area contributed by atoms with Crippen LogP contribution in [0.4, 0.5) is 5.82 Å². The molecule has 0 radical (unpaired) electrons. The van der Waals surface area contributed by atoms with E-state index in [0.717, 1.165) is 18.9 Å². The molecule has 1 aliphatic rings. The van der Waals surface area contributed by atoms with E-state index in [9.17, 15) is 4.79 Å². The molecule has 1 saturated heterocycles. The second kappa shape index (κ2) is 6.46. The van der Waals surface area contributed by atoms with E-state index in [4.69, 9.17) is 9.15 Å². The Labute approximate surface area is 128 Å². The standard InChI is InChI=1S/C15H18N4O3/c1-2-21-14-10-13(16-11-17-14)18-5-7-19(8-6-18)15(20)12-4-3-9-22-12/h3-4,9-11H,2,5-8H2,1H3. The molecule has 22 heavy (non-hydrogen) atoms. The molecule has 0 N–H and O–H groups in total. The van der Waals surface area contributed by atoms with Gasteiger partial charge in [0, 0.05) is 32.2 Å². The summed E-state index contributed by atoms with van der Waals surface area (Å²) in [5.74, 6) is 1.71. The van der Waals surface area contributed by atoms with E-state index in [1.54, 1.807) is 17.0 Å². The molecule has 3 rings (SSSR count). The summed E-state index contributed by atoms with van der Waals surface area (Å²) in [6.45, 7) is 5.19. The lowest BCUT2D eigenvalue weighted by molar-refractivity contribution is 0.0714. The molecular formula is C15H18N4O3. The first kappa shape index (κ1) is 14.4. The van der Waals surface area contributed by atoms with Crippen LogP contribution in [-0.4, -0.2) is 53.6 Å². The van der Waals surface area contributed by atoms with Crippen molar-refractivity contribution < 1.29 is 13.9 Å². The first-order chi connectivity index (χ1) is 10.8. The van der Waals surface area contributed by atoms with Gasteiger partial charge in [-0.15, -0.1) is 0 Å². The Morgan fingerprint density at radius 2 is 2.14 bits per heavy atom. The normalized spacial score (nSPS) is 15.0. The van der Waals surface area contributed by atoms with Crippen LogP contribution in [0.5, 0.6) is 5.88 Å². The Balaban J connectivity index is 1.62. The molecule has 0 aromatic carbocycles. The highest BCUT2D eigenvalue weighted by atomic mass is 16.5. The minimum atomic E-state index is -0.0673. The van der Waals surface area contributed by atoms with E-state index >= 15 is 0 Å². The second-order valence-electron chi connectivity index (χ2n) is 4.90. The van der Waals surface area contributed by atoms with Crippen LogP contribution in [0.2, 0.25) is 0 Å². The minimum Gasteiger partial charge on any atom is -0.478 e. The summed E-state index contributed by atoms with van der Waals surface area (Å²) in [5, 5.41) is 0. The molecule has 1 amide bonds. The summed E-state index contributed by atoms with van der Waals surface area (Å²) in [7, 11) is 0. The molecule has 0 aliphatic carbocycles. The molecule has 0 saturated carbocycles. The maximum Gasteiger partial charge on any atom is 0.289 e. The first-order valence-corrected chi connectivity index (χ1v) is 7.30. The maximum absolute atomic E-state index is 12.2. The molecule has 1 fully saturated rings. The Kier molecular flexibility index (Phi) is 4.22. The van der Waals surface area contributed by atoms with E-state index in [1.165, 1.54) is 12.6 Å². The van der Waals surface area contributed by atoms with Crippen LogP contribution >= 0.6 is 0 Å². The van der Waals surface area contributed by atoms with Crippen LogP contribution in [0.3, 0.4) is 0 Å². The number of hydrogen-bond donors (Lipinski definition) is 0. The Morgan fingerprint density at radius 1 is 1.32 bits per heavy atom. The second-order valence-corrected chi connectivity index (χ2v) is 4.90. The summed E-state index contributed by atoms with van der Waals surface area (Å²) < 4.78 is 10.6. The fraction of sp³-hybridized carbons (Fsp3) is 0.400. The number of rotatable bonds is 4. The zero-order valence-electron chi connectivity index (χ0n) is 12.4. The minimum absolute atomic E-state index is 0.0673. The summed E-state index contributed by atoms with van der Waals surface area (Å²) in [6.07, 6.45) is 3.01. The van der Waals surface area contributed by atoms with E-state index in [2.05, 4.69) is 14.9 Å². The quantitative estimate of drug-likeness (QED) is 0.851. The number of carbonyl (C=O) groups is 1. The third-order valence-electron chi connectivity index (χ3n) is 3.54. The average Bonchev–Trinajstić information content (AvgIpc) is 3.09. The van der Waals surface area contributed by atoms with Gasteiger partial charge in [0.2, 0.25) is 5.88 Å². The number of piperazine rings is 1. The van der Waals surface area contributed by atoms with Crippen LogP contribution in [0.1, 0.15) is 17.5 Å². The van der Waals surface area contributed by atoms with E-state index < -0.39 is 0 Å². The van der Waals surface area contributed by atoms with Gasteiger partial charge in [0.05, 0.1) is 12.9 Å². The molecule has 0 unspecified atom stereocenters. The number of anilines is 1. The van der Waals surface area contributed by atoms with Crippen LogP contribution in [-0.2, 0) is 0 Å². The molecule has 2 aromatic heterocycles. The van der Waals surface area contributed by atoms with Gasteiger partial charge in [0.1, 0.15) is 12.1 Å². The monoisotopic (exact) mass is 302 g/mol. The Morgan fingerprint density at radius 3 is 2.82 bits per heavy atom. The van der Waals surface area contributed by atoms with Gasteiger partial charge in [-0.25, -0.2) is 9.97 Å². The topological polar surface area (TPSA) is 71.7 Å². The zero-order chi connectivity index (χ0) is 15.4. The predicted molar refractivity (Wildman–Crippen MR) is 80.0 cm³/mol. The average molecular weight is 302 g/mol. The molecule has 116 valence electrons. The largest absolute Gasteiger partial charge is 0.478 e. The summed E-state index contributed by atoms with van der Waals surface area (Å²) in [4.78, 5) is 24.5.